The average Bonchev–Trinajstić information content (AvgIpc) is 2.20. The minimum atomic E-state index is -0.194. The quantitative estimate of drug-likeness (QED) is 0.708. The predicted octanol–water partition coefficient (Wildman–Crippen LogP) is 1.49. The molecule has 1 heterocycles. The summed E-state index contributed by atoms with van der Waals surface area (Å²) in [6.07, 6.45) is 0. The van der Waals surface area contributed by atoms with E-state index in [-0.39, 0.29) is 11.9 Å². The molecule has 0 radical (unpaired) electrons. The van der Waals surface area contributed by atoms with Crippen molar-refractivity contribution in [2.45, 2.75) is 6.04 Å². The summed E-state index contributed by atoms with van der Waals surface area (Å²) >= 11 is 0. The lowest BCUT2D eigenvalue weighted by Crippen LogP contribution is -2.34. The Labute approximate surface area is 76.7 Å². The molecule has 2 rings (SSSR count). The number of hydrogen-bond donors (Lipinski definition) is 1. The zero-order valence-corrected chi connectivity index (χ0v) is 7.29. The van der Waals surface area contributed by atoms with Gasteiger partial charge in [-0.05, 0) is 17.7 Å². The van der Waals surface area contributed by atoms with Gasteiger partial charge >= 0.3 is 0 Å². The lowest BCUT2D eigenvalue weighted by atomic mass is 10.1. The van der Waals surface area contributed by atoms with Gasteiger partial charge in [-0.3, -0.25) is 0 Å². The van der Waals surface area contributed by atoms with Gasteiger partial charge in [-0.2, -0.15) is 0 Å². The van der Waals surface area contributed by atoms with Crippen molar-refractivity contribution in [2.24, 2.45) is 0 Å². The summed E-state index contributed by atoms with van der Waals surface area (Å²) in [7, 11) is 0. The molecule has 1 aliphatic rings. The van der Waals surface area contributed by atoms with E-state index < -0.39 is 0 Å². The van der Waals surface area contributed by atoms with Gasteiger partial charge in [-0.25, -0.2) is 4.39 Å². The molecule has 1 atom stereocenters. The first-order chi connectivity index (χ1) is 6.36. The van der Waals surface area contributed by atoms with E-state index in [2.05, 4.69) is 5.32 Å². The SMILES string of the molecule is Fc1ccc([C@H]2COCCN2)cc1. The number of nitrogens with one attached hydrogen (secondary N) is 1. The van der Waals surface area contributed by atoms with Crippen molar-refractivity contribution in [2.75, 3.05) is 19.8 Å². The lowest BCUT2D eigenvalue weighted by molar-refractivity contribution is 0.0768. The third-order valence-corrected chi connectivity index (χ3v) is 2.19. The van der Waals surface area contributed by atoms with Gasteiger partial charge in [0.05, 0.1) is 19.3 Å². The standard InChI is InChI=1S/C10H12FNO/c11-9-3-1-8(2-4-9)10-7-13-6-5-12-10/h1-4,10,12H,5-7H2/t10-/m1/s1. The predicted molar refractivity (Wildman–Crippen MR) is 48.0 cm³/mol. The maximum Gasteiger partial charge on any atom is 0.123 e. The molecule has 1 fully saturated rings. The van der Waals surface area contributed by atoms with Crippen molar-refractivity contribution < 1.29 is 9.13 Å². The highest BCUT2D eigenvalue weighted by Crippen LogP contribution is 2.15. The smallest absolute Gasteiger partial charge is 0.123 e. The molecule has 0 aliphatic carbocycles. The van der Waals surface area contributed by atoms with E-state index in [4.69, 9.17) is 4.74 Å². The van der Waals surface area contributed by atoms with Crippen LogP contribution in [0.5, 0.6) is 0 Å². The van der Waals surface area contributed by atoms with E-state index in [9.17, 15) is 4.39 Å². The van der Waals surface area contributed by atoms with Crippen molar-refractivity contribution in [1.82, 2.24) is 5.32 Å². The number of ether oxygens (including phenoxy) is 1. The topological polar surface area (TPSA) is 21.3 Å². The fraction of sp³-hybridized carbons (Fsp3) is 0.400. The Bertz CT molecular complexity index is 267. The molecule has 0 spiro atoms. The van der Waals surface area contributed by atoms with E-state index in [1.165, 1.54) is 12.1 Å². The maximum absolute atomic E-state index is 12.6. The normalized spacial score (nSPS) is 23.0. The maximum atomic E-state index is 12.6. The largest absolute Gasteiger partial charge is 0.378 e. The molecule has 0 amide bonds. The monoisotopic (exact) mass is 181 g/mol. The summed E-state index contributed by atoms with van der Waals surface area (Å²) in [6.45, 7) is 2.30. The minimum Gasteiger partial charge on any atom is -0.378 e. The Morgan fingerprint density at radius 2 is 2.08 bits per heavy atom. The van der Waals surface area contributed by atoms with Crippen LogP contribution in [-0.2, 0) is 4.74 Å². The second-order valence-electron chi connectivity index (χ2n) is 3.13. The van der Waals surface area contributed by atoms with Gasteiger partial charge in [0.2, 0.25) is 0 Å². The Morgan fingerprint density at radius 1 is 1.31 bits per heavy atom. The van der Waals surface area contributed by atoms with Crippen LogP contribution in [0, 0.1) is 5.82 Å². The Balaban J connectivity index is 2.10. The second-order valence-corrected chi connectivity index (χ2v) is 3.13. The Hall–Kier alpha value is -0.930. The first kappa shape index (κ1) is 8.66. The van der Waals surface area contributed by atoms with Crippen LogP contribution in [0.25, 0.3) is 0 Å². The molecular weight excluding hydrogens is 169 g/mol. The molecule has 1 N–H and O–H groups in total. The first-order valence-corrected chi connectivity index (χ1v) is 4.43. The summed E-state index contributed by atoms with van der Waals surface area (Å²) in [5, 5.41) is 3.31. The summed E-state index contributed by atoms with van der Waals surface area (Å²) in [5.74, 6) is -0.194. The highest BCUT2D eigenvalue weighted by Gasteiger charge is 2.14. The van der Waals surface area contributed by atoms with Gasteiger partial charge in [-0.15, -0.1) is 0 Å². The van der Waals surface area contributed by atoms with Crippen LogP contribution in [0.1, 0.15) is 11.6 Å². The van der Waals surface area contributed by atoms with Crippen molar-refractivity contribution in [1.29, 1.82) is 0 Å². The van der Waals surface area contributed by atoms with Gasteiger partial charge in [0.25, 0.3) is 0 Å². The third kappa shape index (κ3) is 2.05. The van der Waals surface area contributed by atoms with E-state index in [1.54, 1.807) is 12.1 Å². The van der Waals surface area contributed by atoms with Crippen molar-refractivity contribution in [3.63, 3.8) is 0 Å². The van der Waals surface area contributed by atoms with Crippen molar-refractivity contribution in [3.05, 3.63) is 35.6 Å². The van der Waals surface area contributed by atoms with Gasteiger partial charge in [0.15, 0.2) is 0 Å². The molecule has 1 aromatic carbocycles. The fourth-order valence-electron chi connectivity index (χ4n) is 1.47. The van der Waals surface area contributed by atoms with Gasteiger partial charge < -0.3 is 10.1 Å². The van der Waals surface area contributed by atoms with Crippen LogP contribution >= 0.6 is 0 Å². The molecule has 2 nitrogen and oxygen atoms in total. The average molecular weight is 181 g/mol. The van der Waals surface area contributed by atoms with Gasteiger partial charge in [0.1, 0.15) is 5.82 Å². The molecule has 70 valence electrons. The zero-order valence-electron chi connectivity index (χ0n) is 7.29. The lowest BCUT2D eigenvalue weighted by Gasteiger charge is -2.23. The van der Waals surface area contributed by atoms with Crippen LogP contribution in [0.4, 0.5) is 4.39 Å². The van der Waals surface area contributed by atoms with Gasteiger partial charge in [0, 0.05) is 6.54 Å². The summed E-state index contributed by atoms with van der Waals surface area (Å²) in [5.41, 5.74) is 1.08. The van der Waals surface area contributed by atoms with Crippen LogP contribution < -0.4 is 5.32 Å². The molecule has 0 aromatic heterocycles. The fourth-order valence-corrected chi connectivity index (χ4v) is 1.47. The van der Waals surface area contributed by atoms with Crippen LogP contribution in [0.2, 0.25) is 0 Å². The number of hydrogen-bond acceptors (Lipinski definition) is 2. The molecule has 1 saturated heterocycles. The minimum absolute atomic E-state index is 0.194. The van der Waals surface area contributed by atoms with Crippen LogP contribution in [0.15, 0.2) is 24.3 Å². The highest BCUT2D eigenvalue weighted by molar-refractivity contribution is 5.20. The molecular formula is C10H12FNO. The number of morpholine rings is 1. The van der Waals surface area contributed by atoms with Crippen LogP contribution in [-0.4, -0.2) is 19.8 Å². The molecule has 13 heavy (non-hydrogen) atoms. The van der Waals surface area contributed by atoms with E-state index in [1.807, 2.05) is 0 Å². The van der Waals surface area contributed by atoms with E-state index >= 15 is 0 Å². The van der Waals surface area contributed by atoms with Crippen molar-refractivity contribution in [3.8, 4) is 0 Å². The van der Waals surface area contributed by atoms with Gasteiger partial charge in [-0.1, -0.05) is 12.1 Å². The Kier molecular flexibility index (Phi) is 2.57. The molecule has 0 bridgehead atoms. The third-order valence-electron chi connectivity index (χ3n) is 2.19. The van der Waals surface area contributed by atoms with E-state index in [0.29, 0.717) is 6.61 Å². The molecule has 0 unspecified atom stereocenters. The number of benzene rings is 1. The van der Waals surface area contributed by atoms with E-state index in [0.717, 1.165) is 18.7 Å². The van der Waals surface area contributed by atoms with Crippen LogP contribution in [0.3, 0.4) is 0 Å². The number of halogens is 1. The first-order valence-electron chi connectivity index (χ1n) is 4.43. The molecule has 1 aliphatic heterocycles. The summed E-state index contributed by atoms with van der Waals surface area (Å²) in [4.78, 5) is 0. The Morgan fingerprint density at radius 3 is 2.69 bits per heavy atom. The summed E-state index contributed by atoms with van der Waals surface area (Å²) in [6, 6.07) is 6.76. The molecule has 1 aromatic rings. The highest BCUT2D eigenvalue weighted by atomic mass is 19.1. The molecule has 0 saturated carbocycles. The second kappa shape index (κ2) is 3.85. The number of rotatable bonds is 1. The summed E-state index contributed by atoms with van der Waals surface area (Å²) < 4.78 is 17.9. The van der Waals surface area contributed by atoms with Crippen molar-refractivity contribution >= 4 is 0 Å². The molecule has 3 heteroatoms. The zero-order chi connectivity index (χ0) is 9.10.